The first-order chi connectivity index (χ1) is 9.79. The Labute approximate surface area is 118 Å². The van der Waals surface area contributed by atoms with Crippen molar-refractivity contribution in [2.45, 2.75) is 25.7 Å². The molecule has 1 aliphatic heterocycles. The Hall–Kier alpha value is -2.31. The topological polar surface area (TPSA) is 46.9 Å². The quantitative estimate of drug-likeness (QED) is 0.878. The molecule has 0 fully saturated rings. The number of hydrogen-bond acceptors (Lipinski definition) is 2. The number of amides is 1. The van der Waals surface area contributed by atoms with Crippen molar-refractivity contribution >= 4 is 5.91 Å². The number of alkyl halides is 3. The van der Waals surface area contributed by atoms with E-state index in [-0.39, 0.29) is 11.4 Å². The number of imidazole rings is 1. The Bertz CT molecular complexity index is 721. The maximum Gasteiger partial charge on any atom is 0.435 e. The average Bonchev–Trinajstić information content (AvgIpc) is 2.88. The second kappa shape index (κ2) is 4.09. The highest BCUT2D eigenvalue weighted by Gasteiger charge is 2.63. The molecule has 2 heterocycles. The predicted octanol–water partition coefficient (Wildman–Crippen LogP) is 2.51. The molecule has 110 valence electrons. The largest absolute Gasteiger partial charge is 0.435 e. The van der Waals surface area contributed by atoms with E-state index in [0.717, 1.165) is 4.57 Å². The molecule has 1 amide bonds. The molecule has 1 aromatic carbocycles. The van der Waals surface area contributed by atoms with Crippen molar-refractivity contribution in [3.05, 3.63) is 53.1 Å². The smallest absolute Gasteiger partial charge is 0.315 e. The molecule has 0 radical (unpaired) electrons. The van der Waals surface area contributed by atoms with Crippen molar-refractivity contribution in [1.29, 1.82) is 0 Å². The average molecular weight is 295 g/mol. The van der Waals surface area contributed by atoms with Gasteiger partial charge in [-0.2, -0.15) is 13.2 Å². The second-order valence-corrected chi connectivity index (χ2v) is 4.97. The summed E-state index contributed by atoms with van der Waals surface area (Å²) in [6, 6.07) is 7.32. The van der Waals surface area contributed by atoms with Gasteiger partial charge in [-0.15, -0.1) is 0 Å². The lowest BCUT2D eigenvalue weighted by Crippen LogP contribution is -2.56. The minimum atomic E-state index is -4.70. The fraction of sp³-hybridized carbons (Fsp3) is 0.286. The number of aryl methyl sites for hydroxylation is 1. The highest BCUT2D eigenvalue weighted by molar-refractivity contribution is 5.94. The molecule has 1 aliphatic rings. The molecular formula is C14H12F3N3O. The van der Waals surface area contributed by atoms with Crippen molar-refractivity contribution in [1.82, 2.24) is 14.9 Å². The molecule has 1 atom stereocenters. The normalized spacial score (nSPS) is 21.3. The molecule has 4 nitrogen and oxygen atoms in total. The van der Waals surface area contributed by atoms with Crippen LogP contribution in [0.1, 0.15) is 27.6 Å². The summed E-state index contributed by atoms with van der Waals surface area (Å²) in [6.45, 7) is 3.11. The van der Waals surface area contributed by atoms with E-state index in [4.69, 9.17) is 0 Å². The third-order valence-electron chi connectivity index (χ3n) is 3.78. The second-order valence-electron chi connectivity index (χ2n) is 4.97. The van der Waals surface area contributed by atoms with Crippen LogP contribution in [-0.4, -0.2) is 21.6 Å². The third-order valence-corrected chi connectivity index (χ3v) is 3.78. The van der Waals surface area contributed by atoms with Crippen LogP contribution in [0, 0.1) is 13.8 Å². The monoisotopic (exact) mass is 295 g/mol. The van der Waals surface area contributed by atoms with Gasteiger partial charge in [-0.3, -0.25) is 9.36 Å². The molecule has 0 saturated heterocycles. The Morgan fingerprint density at radius 3 is 2.38 bits per heavy atom. The van der Waals surface area contributed by atoms with Crippen molar-refractivity contribution in [3.63, 3.8) is 0 Å². The van der Waals surface area contributed by atoms with E-state index >= 15 is 0 Å². The summed E-state index contributed by atoms with van der Waals surface area (Å²) in [4.78, 5) is 15.9. The van der Waals surface area contributed by atoms with Crippen LogP contribution in [-0.2, 0) is 5.66 Å². The number of halogens is 3. The number of fused-ring (bicyclic) bond motifs is 1. The molecule has 1 aromatic heterocycles. The van der Waals surface area contributed by atoms with Gasteiger partial charge in [0.25, 0.3) is 5.91 Å². The number of hydrogen-bond donors (Lipinski definition) is 1. The number of carbonyl (C=O) groups excluding carboxylic acids is 1. The van der Waals surface area contributed by atoms with Gasteiger partial charge in [0.2, 0.25) is 11.5 Å². The molecule has 2 aromatic rings. The number of nitrogens with zero attached hydrogens (tertiary/aromatic N) is 2. The molecule has 0 bridgehead atoms. The number of nitrogens with one attached hydrogen (secondary N) is 1. The van der Waals surface area contributed by atoms with Crippen molar-refractivity contribution in [2.75, 3.05) is 0 Å². The van der Waals surface area contributed by atoms with Crippen LogP contribution >= 0.6 is 0 Å². The number of rotatable bonds is 1. The molecule has 7 heteroatoms. The molecule has 21 heavy (non-hydrogen) atoms. The van der Waals surface area contributed by atoms with E-state index in [2.05, 4.69) is 10.3 Å². The summed E-state index contributed by atoms with van der Waals surface area (Å²) in [6.07, 6.45) is -4.70. The molecule has 1 N–H and O–H groups in total. The molecular weight excluding hydrogens is 283 g/mol. The molecule has 0 aliphatic carbocycles. The van der Waals surface area contributed by atoms with Crippen molar-refractivity contribution in [3.8, 4) is 0 Å². The van der Waals surface area contributed by atoms with Gasteiger partial charge in [0.05, 0.1) is 5.69 Å². The van der Waals surface area contributed by atoms with Gasteiger partial charge >= 0.3 is 6.18 Å². The Kier molecular flexibility index (Phi) is 2.66. The standard InChI is InChI=1S/C14H12F3N3O/c1-8-9(2)20-11(18-8)12(21)19-13(20,14(15,16)17)10-6-4-3-5-7-10/h3-7H,1-2H3,(H,19,21). The lowest BCUT2D eigenvalue weighted by Gasteiger charge is -2.34. The van der Waals surface area contributed by atoms with E-state index < -0.39 is 17.7 Å². The SMILES string of the molecule is Cc1nc2n(c1C)C(c1ccccc1)(C(F)(F)F)NC2=O. The first-order valence-electron chi connectivity index (χ1n) is 6.30. The summed E-state index contributed by atoms with van der Waals surface area (Å²) in [5.41, 5.74) is -1.94. The molecule has 1 unspecified atom stereocenters. The lowest BCUT2D eigenvalue weighted by atomic mass is 9.98. The van der Waals surface area contributed by atoms with E-state index in [1.807, 2.05) is 0 Å². The van der Waals surface area contributed by atoms with Gasteiger partial charge in [0.15, 0.2) is 0 Å². The van der Waals surface area contributed by atoms with Gasteiger partial charge in [0, 0.05) is 11.3 Å². The lowest BCUT2D eigenvalue weighted by molar-refractivity contribution is -0.204. The van der Waals surface area contributed by atoms with E-state index in [1.54, 1.807) is 13.0 Å². The number of carbonyl (C=O) groups is 1. The van der Waals surface area contributed by atoms with Crippen molar-refractivity contribution < 1.29 is 18.0 Å². The number of benzene rings is 1. The van der Waals surface area contributed by atoms with Gasteiger partial charge in [-0.1, -0.05) is 30.3 Å². The minimum absolute atomic E-state index is 0.0508. The Morgan fingerprint density at radius 1 is 1.19 bits per heavy atom. The fourth-order valence-electron chi connectivity index (χ4n) is 2.69. The van der Waals surface area contributed by atoms with Crippen LogP contribution in [0.4, 0.5) is 13.2 Å². The highest BCUT2D eigenvalue weighted by atomic mass is 19.4. The molecule has 0 spiro atoms. The zero-order valence-corrected chi connectivity index (χ0v) is 11.3. The summed E-state index contributed by atoms with van der Waals surface area (Å²) < 4.78 is 42.6. The molecule has 3 rings (SSSR count). The van der Waals surface area contributed by atoms with E-state index in [9.17, 15) is 18.0 Å². The Morgan fingerprint density at radius 2 is 1.81 bits per heavy atom. The first-order valence-corrected chi connectivity index (χ1v) is 6.30. The maximum absolute atomic E-state index is 13.9. The van der Waals surface area contributed by atoms with Crippen molar-refractivity contribution in [2.24, 2.45) is 0 Å². The van der Waals surface area contributed by atoms with Gasteiger partial charge in [-0.05, 0) is 13.8 Å². The van der Waals surface area contributed by atoms with Gasteiger partial charge in [-0.25, -0.2) is 4.98 Å². The van der Waals surface area contributed by atoms with Crippen LogP contribution in [0.5, 0.6) is 0 Å². The highest BCUT2D eigenvalue weighted by Crippen LogP contribution is 2.44. The van der Waals surface area contributed by atoms with Gasteiger partial charge < -0.3 is 5.32 Å². The summed E-state index contributed by atoms with van der Waals surface area (Å²) in [5.74, 6) is -1.04. The summed E-state index contributed by atoms with van der Waals surface area (Å²) in [5, 5.41) is 2.07. The van der Waals surface area contributed by atoms with Crippen LogP contribution in [0.2, 0.25) is 0 Å². The zero-order chi connectivity index (χ0) is 15.4. The predicted molar refractivity (Wildman–Crippen MR) is 68.7 cm³/mol. The van der Waals surface area contributed by atoms with E-state index in [0.29, 0.717) is 11.4 Å². The van der Waals surface area contributed by atoms with Crippen LogP contribution in [0.3, 0.4) is 0 Å². The van der Waals surface area contributed by atoms with E-state index in [1.165, 1.54) is 31.2 Å². The first kappa shape index (κ1) is 13.7. The summed E-state index contributed by atoms with van der Waals surface area (Å²) >= 11 is 0. The Balaban J connectivity index is 2.38. The van der Waals surface area contributed by atoms with Crippen LogP contribution < -0.4 is 5.32 Å². The summed E-state index contributed by atoms with van der Waals surface area (Å²) in [7, 11) is 0. The van der Waals surface area contributed by atoms with Gasteiger partial charge in [0.1, 0.15) is 0 Å². The minimum Gasteiger partial charge on any atom is -0.315 e. The number of aromatic nitrogens is 2. The maximum atomic E-state index is 13.9. The molecule has 0 saturated carbocycles. The fourth-order valence-corrected chi connectivity index (χ4v) is 2.69. The zero-order valence-electron chi connectivity index (χ0n) is 11.3. The van der Waals surface area contributed by atoms with Crippen LogP contribution in [0.15, 0.2) is 30.3 Å². The van der Waals surface area contributed by atoms with Crippen LogP contribution in [0.25, 0.3) is 0 Å². The third kappa shape index (κ3) is 1.63.